The van der Waals surface area contributed by atoms with Gasteiger partial charge in [-0.25, -0.2) is 0 Å². The third-order valence-corrected chi connectivity index (χ3v) is 25.8. The molecule has 55 atom stereocenters. The third-order valence-electron chi connectivity index (χ3n) is 25.8. The smallest absolute Gasteiger partial charge is 0.217 e. The van der Waals surface area contributed by atoms with Crippen LogP contribution < -0.4 is 37.2 Å². The summed E-state index contributed by atoms with van der Waals surface area (Å²) in [5.74, 6) is -6.49. The van der Waals surface area contributed by atoms with Gasteiger partial charge in [-0.1, -0.05) is 0 Å². The average molecular weight is 2090 g/mol. The lowest BCUT2D eigenvalue weighted by Crippen LogP contribution is -2.71. The molecule has 0 spiro atoms. The van der Waals surface area contributed by atoms with E-state index in [4.69, 9.17) is 99.5 Å². The predicted octanol–water partition coefficient (Wildman–Crippen LogP) is -24.0. The van der Waals surface area contributed by atoms with Gasteiger partial charge in [0, 0.05) is 48.5 Å². The Balaban J connectivity index is 0.972. The largest absolute Gasteiger partial charge is 0.394 e. The molecule has 0 aromatic carbocycles. The molecule has 0 bridgehead atoms. The predicted molar refractivity (Wildman–Crippen MR) is 444 cm³/mol. The first kappa shape index (κ1) is 118. The van der Waals surface area contributed by atoms with E-state index >= 15 is 0 Å². The number of carbonyl (C=O) groups excluding carboxylic acids is 7. The molecule has 11 aliphatic heterocycles. The summed E-state index contributed by atoms with van der Waals surface area (Å²) >= 11 is 0. The number of nitrogens with one attached hydrogen (secondary N) is 7. The van der Waals surface area contributed by atoms with Gasteiger partial charge in [-0.3, -0.25) is 33.6 Å². The van der Waals surface area contributed by atoms with Crippen LogP contribution in [0.1, 0.15) is 48.5 Å². The van der Waals surface area contributed by atoms with E-state index in [2.05, 4.69) is 37.2 Å². The van der Waals surface area contributed by atoms with Gasteiger partial charge in [0.2, 0.25) is 41.4 Å². The molecule has 11 heterocycles. The van der Waals surface area contributed by atoms with Gasteiger partial charge in [0.05, 0.1) is 72.7 Å². The van der Waals surface area contributed by atoms with Crippen molar-refractivity contribution in [2.24, 2.45) is 0 Å². The van der Waals surface area contributed by atoms with Gasteiger partial charge in [0.1, 0.15) is 268 Å². The van der Waals surface area contributed by atoms with Gasteiger partial charge in [-0.15, -0.1) is 0 Å². The molecule has 11 rings (SSSR count). The van der Waals surface area contributed by atoms with Crippen molar-refractivity contribution in [3.05, 3.63) is 0 Å². The molecular weight excluding hydrogens is 1950 g/mol. The van der Waals surface area contributed by atoms with Crippen molar-refractivity contribution in [1.82, 2.24) is 37.2 Å². The SMILES string of the molecule is CC(=O)N[C@H]1[C@H](O[C@H]2[C@H](O)[C@@H](NC(C)=O)C(O)O[C@@H]2CO)O[C@H](CO)[C@@H](O[C@@H]2O[C@H](CO[C@H]3O[C@H](CO[C@@H]4O[C@H](CO)[C@@H](O[C@@H]5O[C@H](CO)[C@H](O)[C@H](O)[C@H]5NC(C)=O)[C@H](O)[C@H]4NC(C)=O)[C@@H](O)[C@H](O)[C@@H]3O[C@@H]3O[C@H](CO)[C@@H](O[C@@H]4O[C@H](CO)[C@H](O)[C@H](O)[C@H]4O)[C@H](O)[C@H]3NC(C)=O)[C@@H](O)[C@H](O[C@H]3O[C@H](CO)[C@@H](O)[C@H](O)[C@@H]3O[C@@H]3O[C@H](CO)[C@@H](O[C@@H]4O[C@H](CO)[C@H](O)[C@H](O)[C@H]4NC(C)=O)[C@H](O)[C@H]3NC(C)=O)[C@@H]2O)[C@@H]1O. The zero-order chi connectivity index (χ0) is 105. The number of aliphatic hydroxyl groups is 28. The highest BCUT2D eigenvalue weighted by molar-refractivity contribution is 5.75. The molecule has 11 aliphatic rings. The average Bonchev–Trinajstić information content (AvgIpc) is 0.764. The molecule has 1 unspecified atom stereocenters. The van der Waals surface area contributed by atoms with Crippen molar-refractivity contribution in [3.63, 3.8) is 0 Å². The first-order chi connectivity index (χ1) is 67.6. The lowest BCUT2D eigenvalue weighted by Gasteiger charge is -2.51. The van der Waals surface area contributed by atoms with Gasteiger partial charge >= 0.3 is 0 Å². The lowest BCUT2D eigenvalue weighted by molar-refractivity contribution is -0.398. The van der Waals surface area contributed by atoms with Crippen LogP contribution in [0.4, 0.5) is 0 Å². The van der Waals surface area contributed by atoms with E-state index in [0.29, 0.717) is 0 Å². The van der Waals surface area contributed by atoms with Gasteiger partial charge in [0.25, 0.3) is 0 Å². The Bertz CT molecular complexity index is 4050. The normalized spacial score (nSPS) is 47.3. The molecule has 63 nitrogen and oxygen atoms in total. The van der Waals surface area contributed by atoms with Gasteiger partial charge in [0.15, 0.2) is 69.2 Å². The molecule has 0 saturated carbocycles. The topological polar surface area (TPSA) is 964 Å². The summed E-state index contributed by atoms with van der Waals surface area (Å²) in [4.78, 5) is 90.1. The van der Waals surface area contributed by atoms with Crippen molar-refractivity contribution in [2.75, 3.05) is 72.7 Å². The highest BCUT2D eigenvalue weighted by atomic mass is 16.8. The van der Waals surface area contributed by atoms with E-state index in [1.165, 1.54) is 0 Å². The number of aliphatic hydroxyl groups excluding tert-OH is 28. The Labute approximate surface area is 810 Å². The third kappa shape index (κ3) is 26.9. The zero-order valence-electron chi connectivity index (χ0n) is 77.5. The van der Waals surface area contributed by atoms with Crippen LogP contribution in [0.3, 0.4) is 0 Å². The van der Waals surface area contributed by atoms with Gasteiger partial charge in [-0.05, 0) is 0 Å². The minimum Gasteiger partial charge on any atom is -0.394 e. The Hall–Kier alpha value is -5.67. The Kier molecular flexibility index (Phi) is 42.7. The van der Waals surface area contributed by atoms with Crippen molar-refractivity contribution < 1.29 is 276 Å². The van der Waals surface area contributed by atoms with E-state index in [9.17, 15) is 177 Å². The van der Waals surface area contributed by atoms with Crippen molar-refractivity contribution in [1.29, 1.82) is 0 Å². The van der Waals surface area contributed by atoms with E-state index < -0.39 is 451 Å². The lowest BCUT2D eigenvalue weighted by atomic mass is 9.93. The minimum atomic E-state index is -2.71. The molecule has 143 heavy (non-hydrogen) atoms. The fourth-order valence-corrected chi connectivity index (χ4v) is 18.5. The first-order valence-corrected chi connectivity index (χ1v) is 45.6. The number of hydrogen-bond donors (Lipinski definition) is 35. The van der Waals surface area contributed by atoms with E-state index in [1.54, 1.807) is 0 Å². The van der Waals surface area contributed by atoms with Crippen LogP contribution in [0.15, 0.2) is 0 Å². The summed E-state index contributed by atoms with van der Waals surface area (Å²) in [6.07, 6.45) is -103. The summed E-state index contributed by atoms with van der Waals surface area (Å²) in [5.41, 5.74) is 0. The quantitative estimate of drug-likeness (QED) is 0.0273. The Morgan fingerprint density at radius 1 is 0.182 bits per heavy atom. The fourth-order valence-electron chi connectivity index (χ4n) is 18.5. The monoisotopic (exact) mass is 2090 g/mol. The maximum atomic E-state index is 13.3. The van der Waals surface area contributed by atoms with Crippen molar-refractivity contribution in [2.45, 2.75) is 386 Å². The number of amides is 7. The maximum absolute atomic E-state index is 13.3. The second-order valence-corrected chi connectivity index (χ2v) is 36.0. The molecule has 11 fully saturated rings. The summed E-state index contributed by atoms with van der Waals surface area (Å²) in [5, 5.41) is 335. The minimum absolute atomic E-state index is 0.825. The Morgan fingerprint density at radius 2 is 0.392 bits per heavy atom. The fraction of sp³-hybridized carbons (Fsp3) is 0.912. The molecule has 0 aromatic heterocycles. The van der Waals surface area contributed by atoms with E-state index in [1.807, 2.05) is 0 Å². The first-order valence-electron chi connectivity index (χ1n) is 45.6. The van der Waals surface area contributed by atoms with E-state index in [-0.39, 0.29) is 0 Å². The van der Waals surface area contributed by atoms with Crippen LogP contribution >= 0.6 is 0 Å². The zero-order valence-corrected chi connectivity index (χ0v) is 77.5. The highest BCUT2D eigenvalue weighted by Crippen LogP contribution is 2.42. The number of hydrogen-bond acceptors (Lipinski definition) is 56. The van der Waals surface area contributed by atoms with Crippen LogP contribution in [0.25, 0.3) is 0 Å². The molecule has 0 radical (unpaired) electrons. The van der Waals surface area contributed by atoms with Crippen molar-refractivity contribution in [3.8, 4) is 0 Å². The molecule has 824 valence electrons. The molecule has 11 saturated heterocycles. The molecule has 0 aromatic rings. The van der Waals surface area contributed by atoms with E-state index in [0.717, 1.165) is 48.5 Å². The number of rotatable bonds is 38. The molecule has 63 heteroatoms. The van der Waals surface area contributed by atoms with Crippen LogP contribution in [0.5, 0.6) is 0 Å². The van der Waals surface area contributed by atoms with Crippen molar-refractivity contribution >= 4 is 41.4 Å². The van der Waals surface area contributed by atoms with Gasteiger partial charge in [-0.2, -0.15) is 0 Å². The Morgan fingerprint density at radius 3 is 0.734 bits per heavy atom. The highest BCUT2D eigenvalue weighted by Gasteiger charge is 2.63. The van der Waals surface area contributed by atoms with Crippen LogP contribution in [0.2, 0.25) is 0 Å². The standard InChI is InChI=1S/C80H133N7O56/c1-19(97)81-37-52(112)62(30(12-92)125-70(37)122)136-74-41(85-23(5)101)55(115)66(34(16-96)131-74)140-78-61(121)67(141-80-69(58(118)47(107)29(11-91)129-80)143-76-42(86-24(6)102)54(114)64(32(14-94)132-76)138-73-39(83-21(3)99)51(111)45(105)27(9-89)127-73)49(109)36(134-78)18-124-79-68(142-75-43(87-25(7)103)56(116)65(33(15-95)133-75)139-77-60(120)57(117)46(106)28(10-90)128-77)59(119)48(108)35(135-79)17-123-71-40(84-22(4)100)53(113)63(31(13-93)130-71)137-72-38(82-20(2)98)50(110)44(104)26(8-88)126-72/h26-80,88-96,104-122H,8-18H2,1-7H3,(H,81,97)(H,82,98)(H,83,99)(H,84,100)(H,85,101)(H,86,102)(H,87,103)/t26-,27-,28-,29-,30-,31-,32-,33-,34-,35-,36-,37-,38-,39-,40-,41-,42-,43-,44+,45+,46+,47-,48-,49-,50-,51-,52-,53-,54-,55-,56-,57+,58+,59+,60-,61+,62-,63-,64-,65-,66-,67+,68+,69+,70?,71-,72+,73+,74+,75+,76+,77+,78+,79+,80-/m1/s1. The summed E-state index contributed by atoms with van der Waals surface area (Å²) in [6, 6.07) is -13.1. The molecule has 7 amide bonds. The second kappa shape index (κ2) is 51.9. The summed E-state index contributed by atoms with van der Waals surface area (Å²) in [6.45, 7) is -6.08. The molecule has 0 aliphatic carbocycles. The summed E-state index contributed by atoms with van der Waals surface area (Å²) in [7, 11) is 0. The van der Waals surface area contributed by atoms with Crippen LogP contribution in [-0.4, -0.2) is 594 Å². The number of carbonyl (C=O) groups is 7. The van der Waals surface area contributed by atoms with Gasteiger partial charge < -0.3 is 280 Å². The molecule has 35 N–H and O–H groups in total. The van der Waals surface area contributed by atoms with Crippen LogP contribution in [0, 0.1) is 0 Å². The number of ether oxygens (including phenoxy) is 21. The molecular formula is C80H133N7O56. The summed E-state index contributed by atoms with van der Waals surface area (Å²) < 4.78 is 127. The maximum Gasteiger partial charge on any atom is 0.217 e. The second-order valence-electron chi connectivity index (χ2n) is 36.0. The van der Waals surface area contributed by atoms with Crippen LogP contribution in [-0.2, 0) is 133 Å².